The Hall–Kier alpha value is -1.03. The van der Waals surface area contributed by atoms with E-state index in [2.05, 4.69) is 26.6 Å². The van der Waals surface area contributed by atoms with E-state index in [1.807, 2.05) is 0 Å². The number of halogens is 1. The quantitative estimate of drug-likeness (QED) is 0.476. The SMILES string of the molecule is C#CCCCCNS(=O)(=O)c1ccc(Br)c(N)c1. The Bertz CT molecular complexity index is 550. The Morgan fingerprint density at radius 1 is 1.39 bits per heavy atom. The first-order valence-corrected chi connectivity index (χ1v) is 7.73. The summed E-state index contributed by atoms with van der Waals surface area (Å²) in [5.74, 6) is 2.51. The second-order valence-corrected chi connectivity index (χ2v) is 6.36. The standard InChI is InChI=1S/C12H15BrN2O2S/c1-2-3-4-5-8-15-18(16,17)10-6-7-11(13)12(14)9-10/h1,6-7,9,15H,3-5,8,14H2. The molecule has 0 aliphatic rings. The van der Waals surface area contributed by atoms with Crippen LogP contribution >= 0.6 is 15.9 Å². The lowest BCUT2D eigenvalue weighted by Gasteiger charge is -2.07. The molecule has 18 heavy (non-hydrogen) atoms. The third kappa shape index (κ3) is 4.33. The van der Waals surface area contributed by atoms with E-state index in [0.717, 1.165) is 12.8 Å². The van der Waals surface area contributed by atoms with Gasteiger partial charge in [-0.2, -0.15) is 0 Å². The molecule has 0 unspecified atom stereocenters. The van der Waals surface area contributed by atoms with E-state index in [-0.39, 0.29) is 4.90 Å². The molecule has 0 saturated carbocycles. The smallest absolute Gasteiger partial charge is 0.240 e. The van der Waals surface area contributed by atoms with Gasteiger partial charge in [0.25, 0.3) is 0 Å². The lowest BCUT2D eigenvalue weighted by molar-refractivity contribution is 0.577. The fourth-order valence-electron chi connectivity index (χ4n) is 1.33. The summed E-state index contributed by atoms with van der Waals surface area (Å²) in [5.41, 5.74) is 6.04. The second-order valence-electron chi connectivity index (χ2n) is 3.74. The van der Waals surface area contributed by atoms with E-state index in [1.54, 1.807) is 6.07 Å². The molecule has 0 amide bonds. The van der Waals surface area contributed by atoms with E-state index in [0.29, 0.717) is 23.1 Å². The van der Waals surface area contributed by atoms with Gasteiger partial charge in [0.15, 0.2) is 0 Å². The lowest BCUT2D eigenvalue weighted by Crippen LogP contribution is -2.24. The van der Waals surface area contributed by atoms with Crippen LogP contribution in [-0.4, -0.2) is 15.0 Å². The summed E-state index contributed by atoms with van der Waals surface area (Å²) in [6, 6.07) is 4.54. The van der Waals surface area contributed by atoms with Crippen molar-refractivity contribution in [2.45, 2.75) is 24.2 Å². The zero-order valence-electron chi connectivity index (χ0n) is 9.82. The van der Waals surface area contributed by atoms with Gasteiger partial charge >= 0.3 is 0 Å². The Morgan fingerprint density at radius 3 is 2.72 bits per heavy atom. The Morgan fingerprint density at radius 2 is 2.11 bits per heavy atom. The maximum absolute atomic E-state index is 11.9. The number of benzene rings is 1. The third-order valence-electron chi connectivity index (χ3n) is 2.32. The van der Waals surface area contributed by atoms with Crippen LogP contribution in [0.2, 0.25) is 0 Å². The van der Waals surface area contributed by atoms with E-state index in [9.17, 15) is 8.42 Å². The average molecular weight is 331 g/mol. The van der Waals surface area contributed by atoms with Crippen LogP contribution in [0.15, 0.2) is 27.6 Å². The number of anilines is 1. The van der Waals surface area contributed by atoms with Gasteiger partial charge in [-0.05, 0) is 47.0 Å². The maximum Gasteiger partial charge on any atom is 0.240 e. The summed E-state index contributed by atoms with van der Waals surface area (Å²) in [5, 5.41) is 0. The van der Waals surface area contributed by atoms with Gasteiger partial charge in [-0.1, -0.05) is 0 Å². The molecule has 0 spiro atoms. The number of nitrogens with one attached hydrogen (secondary N) is 1. The highest BCUT2D eigenvalue weighted by molar-refractivity contribution is 9.10. The highest BCUT2D eigenvalue weighted by atomic mass is 79.9. The van der Waals surface area contributed by atoms with E-state index in [4.69, 9.17) is 12.2 Å². The number of nitrogens with two attached hydrogens (primary N) is 1. The molecule has 1 aromatic carbocycles. The van der Waals surface area contributed by atoms with Crippen LogP contribution < -0.4 is 10.5 Å². The fraction of sp³-hybridized carbons (Fsp3) is 0.333. The first kappa shape index (κ1) is 15.0. The molecule has 0 radical (unpaired) electrons. The minimum atomic E-state index is -3.49. The van der Waals surface area contributed by atoms with E-state index < -0.39 is 10.0 Å². The molecule has 0 bridgehead atoms. The summed E-state index contributed by atoms with van der Waals surface area (Å²) in [6.07, 6.45) is 7.30. The Balaban J connectivity index is 2.63. The highest BCUT2D eigenvalue weighted by Crippen LogP contribution is 2.22. The van der Waals surface area contributed by atoms with Crippen molar-refractivity contribution in [3.05, 3.63) is 22.7 Å². The van der Waals surface area contributed by atoms with Crippen LogP contribution in [0.4, 0.5) is 5.69 Å². The highest BCUT2D eigenvalue weighted by Gasteiger charge is 2.14. The molecule has 3 N–H and O–H groups in total. The first-order chi connectivity index (χ1) is 8.47. The maximum atomic E-state index is 11.9. The summed E-state index contributed by atoms with van der Waals surface area (Å²) < 4.78 is 27.0. The normalized spacial score (nSPS) is 11.1. The van der Waals surface area contributed by atoms with Crippen LogP contribution in [-0.2, 0) is 10.0 Å². The van der Waals surface area contributed by atoms with Gasteiger partial charge in [0.2, 0.25) is 10.0 Å². The van der Waals surface area contributed by atoms with Gasteiger partial charge in [-0.25, -0.2) is 13.1 Å². The van der Waals surface area contributed by atoms with Crippen molar-refractivity contribution in [2.24, 2.45) is 0 Å². The first-order valence-electron chi connectivity index (χ1n) is 5.45. The van der Waals surface area contributed by atoms with Crippen molar-refractivity contribution < 1.29 is 8.42 Å². The number of hydrogen-bond acceptors (Lipinski definition) is 3. The predicted molar refractivity (Wildman–Crippen MR) is 76.4 cm³/mol. The number of rotatable bonds is 6. The van der Waals surface area contributed by atoms with Gasteiger partial charge in [-0.15, -0.1) is 12.3 Å². The monoisotopic (exact) mass is 330 g/mol. The number of nitrogen functional groups attached to an aromatic ring is 1. The largest absolute Gasteiger partial charge is 0.398 e. The zero-order valence-corrected chi connectivity index (χ0v) is 12.2. The minimum Gasteiger partial charge on any atom is -0.398 e. The fourth-order valence-corrected chi connectivity index (χ4v) is 2.69. The van der Waals surface area contributed by atoms with Crippen molar-refractivity contribution in [3.63, 3.8) is 0 Å². The van der Waals surface area contributed by atoms with Crippen molar-refractivity contribution in [1.82, 2.24) is 4.72 Å². The van der Waals surface area contributed by atoms with Crippen LogP contribution in [0.25, 0.3) is 0 Å². The molecule has 0 aromatic heterocycles. The van der Waals surface area contributed by atoms with Crippen molar-refractivity contribution in [2.75, 3.05) is 12.3 Å². The molecule has 0 fully saturated rings. The molecule has 1 rings (SSSR count). The zero-order chi connectivity index (χ0) is 13.6. The summed E-state index contributed by atoms with van der Waals surface area (Å²) in [4.78, 5) is 0.167. The third-order valence-corrected chi connectivity index (χ3v) is 4.50. The molecule has 0 aliphatic heterocycles. The number of sulfonamides is 1. The van der Waals surface area contributed by atoms with Crippen LogP contribution in [0.5, 0.6) is 0 Å². The minimum absolute atomic E-state index is 0.167. The average Bonchev–Trinajstić information content (AvgIpc) is 2.32. The summed E-state index contributed by atoms with van der Waals surface area (Å²) >= 11 is 3.22. The van der Waals surface area contributed by atoms with Crippen molar-refractivity contribution in [3.8, 4) is 12.3 Å². The summed E-state index contributed by atoms with van der Waals surface area (Å²) in [7, 11) is -3.49. The van der Waals surface area contributed by atoms with Crippen LogP contribution in [0.1, 0.15) is 19.3 Å². The molecule has 98 valence electrons. The van der Waals surface area contributed by atoms with Gasteiger partial charge in [0, 0.05) is 23.1 Å². The molecule has 0 aliphatic carbocycles. The van der Waals surface area contributed by atoms with Crippen molar-refractivity contribution >= 4 is 31.6 Å². The van der Waals surface area contributed by atoms with Crippen LogP contribution in [0.3, 0.4) is 0 Å². The van der Waals surface area contributed by atoms with Gasteiger partial charge < -0.3 is 5.73 Å². The Kier molecular flexibility index (Phi) is 5.66. The molecule has 1 aromatic rings. The molecule has 0 saturated heterocycles. The molecule has 6 heteroatoms. The molecular weight excluding hydrogens is 316 g/mol. The molecular formula is C12H15BrN2O2S. The van der Waals surface area contributed by atoms with Gasteiger partial charge in [-0.3, -0.25) is 0 Å². The second kappa shape index (κ2) is 6.78. The number of unbranched alkanes of at least 4 members (excludes halogenated alkanes) is 2. The number of terminal acetylenes is 1. The van der Waals surface area contributed by atoms with Crippen LogP contribution in [0, 0.1) is 12.3 Å². The number of hydrogen-bond donors (Lipinski definition) is 2. The van der Waals surface area contributed by atoms with E-state index >= 15 is 0 Å². The van der Waals surface area contributed by atoms with E-state index in [1.165, 1.54) is 12.1 Å². The lowest BCUT2D eigenvalue weighted by atomic mass is 10.2. The van der Waals surface area contributed by atoms with Crippen molar-refractivity contribution in [1.29, 1.82) is 0 Å². The van der Waals surface area contributed by atoms with Gasteiger partial charge in [0.1, 0.15) is 0 Å². The summed E-state index contributed by atoms with van der Waals surface area (Å²) in [6.45, 7) is 0.375. The molecule has 4 nitrogen and oxygen atoms in total. The Labute approximate surface area is 116 Å². The molecule has 0 heterocycles. The molecule has 0 atom stereocenters. The van der Waals surface area contributed by atoms with Gasteiger partial charge in [0.05, 0.1) is 4.90 Å². The predicted octanol–water partition coefficient (Wildman–Crippen LogP) is 2.11. The topological polar surface area (TPSA) is 72.2 Å².